The highest BCUT2D eigenvalue weighted by Gasteiger charge is 2.25. The van der Waals surface area contributed by atoms with Crippen molar-refractivity contribution in [2.24, 2.45) is 0 Å². The molecule has 1 saturated heterocycles. The minimum atomic E-state index is -0.343. The molecule has 8 nitrogen and oxygen atoms in total. The van der Waals surface area contributed by atoms with Crippen LogP contribution in [0.1, 0.15) is 51.6 Å². The summed E-state index contributed by atoms with van der Waals surface area (Å²) in [6.45, 7) is 4.75. The average molecular weight is 443 g/mol. The molecule has 3 aromatic heterocycles. The molecule has 0 radical (unpaired) electrons. The summed E-state index contributed by atoms with van der Waals surface area (Å²) in [5, 5.41) is 4.38. The molecule has 0 amide bonds. The van der Waals surface area contributed by atoms with E-state index in [4.69, 9.17) is 4.74 Å². The molecule has 1 aliphatic rings. The first-order valence-corrected chi connectivity index (χ1v) is 11.2. The van der Waals surface area contributed by atoms with E-state index in [0.717, 1.165) is 48.4 Å². The Morgan fingerprint density at radius 1 is 1.21 bits per heavy atom. The number of pyridine rings is 1. The Balaban J connectivity index is 1.30. The van der Waals surface area contributed by atoms with Gasteiger partial charge in [-0.25, -0.2) is 14.3 Å². The Kier molecular flexibility index (Phi) is 6.08. The highest BCUT2D eigenvalue weighted by Crippen LogP contribution is 2.28. The summed E-state index contributed by atoms with van der Waals surface area (Å²) in [5.74, 6) is 0.615. The molecule has 33 heavy (non-hydrogen) atoms. The highest BCUT2D eigenvalue weighted by molar-refractivity contribution is 5.90. The molecule has 0 N–H and O–H groups in total. The monoisotopic (exact) mass is 442 g/mol. The van der Waals surface area contributed by atoms with Gasteiger partial charge < -0.3 is 4.74 Å². The molecule has 0 saturated carbocycles. The van der Waals surface area contributed by atoms with E-state index in [2.05, 4.69) is 31.0 Å². The van der Waals surface area contributed by atoms with Crippen molar-refractivity contribution in [2.75, 3.05) is 13.1 Å². The molecule has 168 valence electrons. The van der Waals surface area contributed by atoms with E-state index in [9.17, 15) is 4.79 Å². The Morgan fingerprint density at radius 3 is 2.97 bits per heavy atom. The highest BCUT2D eigenvalue weighted by atomic mass is 16.5. The van der Waals surface area contributed by atoms with E-state index in [-0.39, 0.29) is 12.6 Å². The molecule has 5 rings (SSSR count). The lowest BCUT2D eigenvalue weighted by Crippen LogP contribution is -2.35. The quantitative estimate of drug-likeness (QED) is 0.422. The zero-order valence-corrected chi connectivity index (χ0v) is 18.6. The molecule has 1 aromatic carbocycles. The van der Waals surface area contributed by atoms with Crippen LogP contribution in [0.4, 0.5) is 0 Å². The largest absolute Gasteiger partial charge is 0.457 e. The van der Waals surface area contributed by atoms with Crippen LogP contribution in [0.15, 0.2) is 61.2 Å². The first-order valence-electron chi connectivity index (χ1n) is 11.2. The van der Waals surface area contributed by atoms with Crippen molar-refractivity contribution < 1.29 is 9.53 Å². The number of ether oxygens (including phenoxy) is 1. The van der Waals surface area contributed by atoms with Crippen molar-refractivity contribution in [3.8, 4) is 0 Å². The smallest absolute Gasteiger partial charge is 0.340 e. The summed E-state index contributed by atoms with van der Waals surface area (Å²) in [6, 6.07) is 13.7. The fourth-order valence-electron chi connectivity index (χ4n) is 4.48. The van der Waals surface area contributed by atoms with Gasteiger partial charge in [0.1, 0.15) is 12.9 Å². The molecular formula is C25H26N6O2. The SMILES string of the molecule is Cc1cc(C2CCCN(Cc3ccncc3C(=O)OCc3ccccc3)C2)n2ncnc2n1. The molecule has 0 bridgehead atoms. The number of rotatable bonds is 6. The molecule has 0 aliphatic carbocycles. The van der Waals surface area contributed by atoms with E-state index in [1.54, 1.807) is 18.7 Å². The summed E-state index contributed by atoms with van der Waals surface area (Å²) >= 11 is 0. The molecule has 1 atom stereocenters. The molecule has 1 fully saturated rings. The van der Waals surface area contributed by atoms with Crippen LogP contribution in [-0.4, -0.2) is 48.5 Å². The molecular weight excluding hydrogens is 416 g/mol. The number of benzene rings is 1. The standard InChI is InChI=1S/C25H26N6O2/c1-18-12-23(31-25(29-18)27-17-28-31)21-8-5-11-30(15-21)14-20-9-10-26-13-22(20)24(32)33-16-19-6-3-2-4-7-19/h2-4,6-7,9-10,12-13,17,21H,5,8,11,14-16H2,1H3. The molecule has 4 heterocycles. The number of carbonyl (C=O) groups excluding carboxylic acids is 1. The number of fused-ring (bicyclic) bond motifs is 1. The topological polar surface area (TPSA) is 85.5 Å². The lowest BCUT2D eigenvalue weighted by molar-refractivity contribution is 0.0469. The van der Waals surface area contributed by atoms with Gasteiger partial charge in [0.05, 0.1) is 11.3 Å². The predicted molar refractivity (Wildman–Crippen MR) is 123 cm³/mol. The Morgan fingerprint density at radius 2 is 2.09 bits per heavy atom. The second-order valence-corrected chi connectivity index (χ2v) is 8.46. The van der Waals surface area contributed by atoms with Crippen LogP contribution in [0.25, 0.3) is 5.78 Å². The molecule has 0 spiro atoms. The maximum atomic E-state index is 12.8. The van der Waals surface area contributed by atoms with Crippen LogP contribution in [0.3, 0.4) is 0 Å². The minimum Gasteiger partial charge on any atom is -0.457 e. The maximum Gasteiger partial charge on any atom is 0.340 e. The Hall–Kier alpha value is -3.65. The van der Waals surface area contributed by atoms with Crippen molar-refractivity contribution in [3.63, 3.8) is 0 Å². The second kappa shape index (κ2) is 9.46. The summed E-state index contributed by atoms with van der Waals surface area (Å²) in [7, 11) is 0. The average Bonchev–Trinajstić information content (AvgIpc) is 3.31. The van der Waals surface area contributed by atoms with Gasteiger partial charge in [-0.2, -0.15) is 10.1 Å². The van der Waals surface area contributed by atoms with Gasteiger partial charge in [0, 0.05) is 37.1 Å². The van der Waals surface area contributed by atoms with Gasteiger partial charge in [-0.3, -0.25) is 9.88 Å². The van der Waals surface area contributed by atoms with Crippen molar-refractivity contribution in [1.82, 2.24) is 29.5 Å². The van der Waals surface area contributed by atoms with Crippen molar-refractivity contribution in [2.45, 2.75) is 38.8 Å². The summed E-state index contributed by atoms with van der Waals surface area (Å²) in [4.78, 5) is 28.1. The first kappa shape index (κ1) is 21.2. The zero-order valence-electron chi connectivity index (χ0n) is 18.6. The fourth-order valence-corrected chi connectivity index (χ4v) is 4.48. The molecule has 1 unspecified atom stereocenters. The van der Waals surface area contributed by atoms with Gasteiger partial charge >= 0.3 is 5.97 Å². The third kappa shape index (κ3) is 4.75. The zero-order chi connectivity index (χ0) is 22.6. The first-order chi connectivity index (χ1) is 16.2. The lowest BCUT2D eigenvalue weighted by atomic mass is 9.93. The summed E-state index contributed by atoms with van der Waals surface area (Å²) in [6.07, 6.45) is 7.04. The van der Waals surface area contributed by atoms with E-state index < -0.39 is 0 Å². The Bertz CT molecular complexity index is 1260. The molecule has 1 aliphatic heterocycles. The van der Waals surface area contributed by atoms with Crippen LogP contribution < -0.4 is 0 Å². The number of aromatic nitrogens is 5. The number of carbonyl (C=O) groups is 1. The Labute approximate surface area is 192 Å². The van der Waals surface area contributed by atoms with E-state index >= 15 is 0 Å². The number of nitrogens with zero attached hydrogens (tertiary/aromatic N) is 6. The van der Waals surface area contributed by atoms with Crippen molar-refractivity contribution in [3.05, 3.63) is 89.3 Å². The van der Waals surface area contributed by atoms with Gasteiger partial charge in [-0.1, -0.05) is 30.3 Å². The van der Waals surface area contributed by atoms with Crippen LogP contribution >= 0.6 is 0 Å². The number of likely N-dealkylation sites (tertiary alicyclic amines) is 1. The van der Waals surface area contributed by atoms with Gasteiger partial charge in [-0.15, -0.1) is 0 Å². The molecule has 4 aromatic rings. The second-order valence-electron chi connectivity index (χ2n) is 8.46. The van der Waals surface area contributed by atoms with E-state index in [1.165, 1.54) is 0 Å². The predicted octanol–water partition coefficient (Wildman–Crippen LogP) is 3.56. The van der Waals surface area contributed by atoms with Crippen molar-refractivity contribution >= 4 is 11.7 Å². The van der Waals surface area contributed by atoms with Gasteiger partial charge in [0.25, 0.3) is 5.78 Å². The van der Waals surface area contributed by atoms with Gasteiger partial charge in [-0.05, 0) is 49.6 Å². The minimum absolute atomic E-state index is 0.245. The summed E-state index contributed by atoms with van der Waals surface area (Å²) < 4.78 is 7.41. The maximum absolute atomic E-state index is 12.8. The van der Waals surface area contributed by atoms with Crippen LogP contribution in [0.5, 0.6) is 0 Å². The van der Waals surface area contributed by atoms with Crippen LogP contribution in [0.2, 0.25) is 0 Å². The third-order valence-corrected chi connectivity index (χ3v) is 6.07. The number of hydrogen-bond donors (Lipinski definition) is 0. The third-order valence-electron chi connectivity index (χ3n) is 6.07. The van der Waals surface area contributed by atoms with E-state index in [1.807, 2.05) is 47.8 Å². The number of esters is 1. The fraction of sp³-hybridized carbons (Fsp3) is 0.320. The van der Waals surface area contributed by atoms with Gasteiger partial charge in [0.15, 0.2) is 0 Å². The number of piperidine rings is 1. The lowest BCUT2D eigenvalue weighted by Gasteiger charge is -2.33. The molecule has 8 heteroatoms. The number of hydrogen-bond acceptors (Lipinski definition) is 7. The number of aryl methyl sites for hydroxylation is 1. The van der Waals surface area contributed by atoms with Crippen LogP contribution in [-0.2, 0) is 17.9 Å². The van der Waals surface area contributed by atoms with E-state index in [0.29, 0.717) is 23.8 Å². The van der Waals surface area contributed by atoms with Gasteiger partial charge in [0.2, 0.25) is 0 Å². The van der Waals surface area contributed by atoms with Crippen LogP contribution in [0, 0.1) is 6.92 Å². The summed E-state index contributed by atoms with van der Waals surface area (Å²) in [5.41, 5.74) is 4.49. The van der Waals surface area contributed by atoms with Crippen molar-refractivity contribution in [1.29, 1.82) is 0 Å². The normalized spacial score (nSPS) is 16.7.